The first-order valence-electron chi connectivity index (χ1n) is 7.30. The Morgan fingerprint density at radius 3 is 3.00 bits per heavy atom. The van der Waals surface area contributed by atoms with Crippen molar-refractivity contribution in [2.24, 2.45) is 0 Å². The van der Waals surface area contributed by atoms with E-state index in [2.05, 4.69) is 19.2 Å². The van der Waals surface area contributed by atoms with Gasteiger partial charge in [0, 0.05) is 25.2 Å². The van der Waals surface area contributed by atoms with Crippen LogP contribution in [0.25, 0.3) is 0 Å². The number of amides is 1. The molecule has 4 nitrogen and oxygen atoms in total. The molecule has 0 aliphatic carbocycles. The first-order valence-corrected chi connectivity index (χ1v) is 7.30. The number of aryl methyl sites for hydroxylation is 1. The summed E-state index contributed by atoms with van der Waals surface area (Å²) in [6.45, 7) is 8.34. The third-order valence-corrected chi connectivity index (χ3v) is 3.93. The maximum Gasteiger partial charge on any atom is 0.226 e. The summed E-state index contributed by atoms with van der Waals surface area (Å²) >= 11 is 0. The number of nitrogens with one attached hydrogen (secondary N) is 1. The van der Waals surface area contributed by atoms with E-state index in [0.717, 1.165) is 18.8 Å². The quantitative estimate of drug-likeness (QED) is 0.914. The van der Waals surface area contributed by atoms with Crippen molar-refractivity contribution in [3.05, 3.63) is 29.8 Å². The van der Waals surface area contributed by atoms with Crippen LogP contribution in [0, 0.1) is 6.92 Å². The molecule has 1 saturated heterocycles. The van der Waals surface area contributed by atoms with E-state index in [-0.39, 0.29) is 11.9 Å². The molecule has 1 aliphatic heterocycles. The van der Waals surface area contributed by atoms with Crippen LogP contribution in [-0.2, 0) is 4.79 Å². The maximum atomic E-state index is 12.2. The summed E-state index contributed by atoms with van der Waals surface area (Å²) in [5.41, 5.74) is 1.17. The Balaban J connectivity index is 1.80. The van der Waals surface area contributed by atoms with E-state index in [9.17, 15) is 4.79 Å². The maximum absolute atomic E-state index is 12.2. The lowest BCUT2D eigenvalue weighted by molar-refractivity contribution is -0.135. The summed E-state index contributed by atoms with van der Waals surface area (Å²) in [4.78, 5) is 14.2. The van der Waals surface area contributed by atoms with Crippen LogP contribution < -0.4 is 10.1 Å². The van der Waals surface area contributed by atoms with E-state index >= 15 is 0 Å². The molecule has 1 fully saturated rings. The number of benzene rings is 1. The van der Waals surface area contributed by atoms with Gasteiger partial charge in [-0.3, -0.25) is 4.79 Å². The number of rotatable bonds is 4. The topological polar surface area (TPSA) is 41.6 Å². The fraction of sp³-hybridized carbons (Fsp3) is 0.562. The van der Waals surface area contributed by atoms with Crippen LogP contribution in [-0.4, -0.2) is 42.6 Å². The number of ether oxygens (including phenoxy) is 1. The average molecular weight is 276 g/mol. The van der Waals surface area contributed by atoms with Crippen molar-refractivity contribution >= 4 is 5.91 Å². The summed E-state index contributed by atoms with van der Waals surface area (Å²) in [7, 11) is 0. The molecule has 1 amide bonds. The lowest BCUT2D eigenvalue weighted by atomic mass is 10.1. The largest absolute Gasteiger partial charge is 0.493 e. The first kappa shape index (κ1) is 14.9. The number of carbonyl (C=O) groups is 1. The van der Waals surface area contributed by atoms with Crippen molar-refractivity contribution in [3.63, 3.8) is 0 Å². The Morgan fingerprint density at radius 1 is 1.45 bits per heavy atom. The molecule has 1 N–H and O–H groups in total. The van der Waals surface area contributed by atoms with Gasteiger partial charge in [0.15, 0.2) is 0 Å². The van der Waals surface area contributed by atoms with E-state index in [1.54, 1.807) is 0 Å². The zero-order valence-corrected chi connectivity index (χ0v) is 12.6. The molecule has 0 spiro atoms. The zero-order valence-electron chi connectivity index (χ0n) is 12.6. The average Bonchev–Trinajstić information content (AvgIpc) is 2.42. The number of hydrogen-bond acceptors (Lipinski definition) is 3. The highest BCUT2D eigenvalue weighted by Crippen LogP contribution is 2.14. The predicted molar refractivity (Wildman–Crippen MR) is 79.9 cm³/mol. The van der Waals surface area contributed by atoms with Gasteiger partial charge in [0.2, 0.25) is 5.91 Å². The molecule has 0 radical (unpaired) electrons. The second kappa shape index (κ2) is 6.75. The third kappa shape index (κ3) is 3.73. The van der Waals surface area contributed by atoms with Gasteiger partial charge in [0.05, 0.1) is 13.0 Å². The summed E-state index contributed by atoms with van der Waals surface area (Å²) in [5.74, 6) is 1.01. The molecule has 0 aromatic heterocycles. The van der Waals surface area contributed by atoms with E-state index in [1.165, 1.54) is 5.56 Å². The van der Waals surface area contributed by atoms with E-state index in [0.29, 0.717) is 19.1 Å². The number of hydrogen-bond donors (Lipinski definition) is 1. The minimum absolute atomic E-state index is 0.179. The van der Waals surface area contributed by atoms with Gasteiger partial charge in [-0.2, -0.15) is 0 Å². The van der Waals surface area contributed by atoms with Crippen LogP contribution in [0.1, 0.15) is 25.8 Å². The molecule has 20 heavy (non-hydrogen) atoms. The molecule has 2 rings (SSSR count). The van der Waals surface area contributed by atoms with Crippen molar-refractivity contribution < 1.29 is 9.53 Å². The Kier molecular flexibility index (Phi) is 5.01. The standard InChI is InChI=1S/C16H24N2O2/c1-12-5-4-6-15(11-12)20-10-7-16(19)18-9-8-17-13(2)14(18)3/h4-6,11,13-14,17H,7-10H2,1-3H3. The fourth-order valence-corrected chi connectivity index (χ4v) is 2.51. The van der Waals surface area contributed by atoms with Gasteiger partial charge in [0.25, 0.3) is 0 Å². The summed E-state index contributed by atoms with van der Waals surface area (Å²) < 4.78 is 5.65. The molecule has 0 bridgehead atoms. The molecular weight excluding hydrogens is 252 g/mol. The Bertz CT molecular complexity index is 462. The van der Waals surface area contributed by atoms with Crippen molar-refractivity contribution in [1.29, 1.82) is 0 Å². The number of nitrogens with zero attached hydrogens (tertiary/aromatic N) is 1. The zero-order chi connectivity index (χ0) is 14.5. The summed E-state index contributed by atoms with van der Waals surface area (Å²) in [6.07, 6.45) is 0.436. The van der Waals surface area contributed by atoms with E-state index in [4.69, 9.17) is 4.74 Å². The van der Waals surface area contributed by atoms with Gasteiger partial charge in [-0.1, -0.05) is 12.1 Å². The van der Waals surface area contributed by atoms with Gasteiger partial charge >= 0.3 is 0 Å². The van der Waals surface area contributed by atoms with Crippen molar-refractivity contribution in [3.8, 4) is 5.75 Å². The van der Waals surface area contributed by atoms with Gasteiger partial charge in [0.1, 0.15) is 5.75 Å². The van der Waals surface area contributed by atoms with Crippen LogP contribution in [0.2, 0.25) is 0 Å². The first-order chi connectivity index (χ1) is 9.58. The third-order valence-electron chi connectivity index (χ3n) is 3.93. The highest BCUT2D eigenvalue weighted by atomic mass is 16.5. The van der Waals surface area contributed by atoms with Crippen molar-refractivity contribution in [1.82, 2.24) is 10.2 Å². The van der Waals surface area contributed by atoms with E-state index < -0.39 is 0 Å². The molecule has 1 aliphatic rings. The van der Waals surface area contributed by atoms with E-state index in [1.807, 2.05) is 36.1 Å². The monoisotopic (exact) mass is 276 g/mol. The summed E-state index contributed by atoms with van der Waals surface area (Å²) in [6, 6.07) is 8.50. The molecule has 1 heterocycles. The second-order valence-corrected chi connectivity index (χ2v) is 5.49. The molecule has 2 unspecified atom stereocenters. The van der Waals surface area contributed by atoms with Gasteiger partial charge in [-0.15, -0.1) is 0 Å². The van der Waals surface area contributed by atoms with Crippen LogP contribution >= 0.6 is 0 Å². The van der Waals surface area contributed by atoms with Gasteiger partial charge < -0.3 is 15.0 Å². The normalized spacial score (nSPS) is 22.6. The molecule has 1 aromatic carbocycles. The van der Waals surface area contributed by atoms with Gasteiger partial charge in [-0.25, -0.2) is 0 Å². The lowest BCUT2D eigenvalue weighted by Gasteiger charge is -2.38. The highest BCUT2D eigenvalue weighted by Gasteiger charge is 2.27. The molecule has 2 atom stereocenters. The molecule has 4 heteroatoms. The Hall–Kier alpha value is -1.55. The Morgan fingerprint density at radius 2 is 2.25 bits per heavy atom. The fourth-order valence-electron chi connectivity index (χ4n) is 2.51. The minimum atomic E-state index is 0.179. The van der Waals surface area contributed by atoms with Crippen LogP contribution in [0.15, 0.2) is 24.3 Å². The second-order valence-electron chi connectivity index (χ2n) is 5.49. The molecular formula is C16H24N2O2. The van der Waals surface area contributed by atoms with Crippen LogP contribution in [0.5, 0.6) is 5.75 Å². The predicted octanol–water partition coefficient (Wildman–Crippen LogP) is 1.97. The highest BCUT2D eigenvalue weighted by molar-refractivity contribution is 5.76. The molecule has 0 saturated carbocycles. The Labute approximate surface area is 121 Å². The van der Waals surface area contributed by atoms with Crippen LogP contribution in [0.3, 0.4) is 0 Å². The SMILES string of the molecule is Cc1cccc(OCCC(=O)N2CCNC(C)C2C)c1. The molecule has 110 valence electrons. The lowest BCUT2D eigenvalue weighted by Crippen LogP contribution is -2.57. The van der Waals surface area contributed by atoms with Crippen LogP contribution in [0.4, 0.5) is 0 Å². The van der Waals surface area contributed by atoms with Crippen molar-refractivity contribution in [2.45, 2.75) is 39.3 Å². The van der Waals surface area contributed by atoms with Gasteiger partial charge in [-0.05, 0) is 38.5 Å². The number of carbonyl (C=O) groups excluding carboxylic acids is 1. The number of piperazine rings is 1. The summed E-state index contributed by atoms with van der Waals surface area (Å²) in [5, 5.41) is 3.38. The molecule has 1 aromatic rings. The van der Waals surface area contributed by atoms with Crippen molar-refractivity contribution in [2.75, 3.05) is 19.7 Å². The smallest absolute Gasteiger partial charge is 0.226 e. The minimum Gasteiger partial charge on any atom is -0.493 e.